The molecule has 15 heteroatoms. The number of rotatable bonds is 4. The number of hydrogen-bond donors (Lipinski definition) is 1. The van der Waals surface area contributed by atoms with Crippen LogP contribution in [-0.4, -0.2) is 73.7 Å². The maximum absolute atomic E-state index is 15.6. The molecular formula is C27H29ClF8N4O2. The van der Waals surface area contributed by atoms with E-state index in [4.69, 9.17) is 0 Å². The lowest BCUT2D eigenvalue weighted by molar-refractivity contribution is -0.145. The largest absolute Gasteiger partial charge is 0.416 e. The molecule has 2 saturated heterocycles. The summed E-state index contributed by atoms with van der Waals surface area (Å²) in [6, 6.07) is 4.27. The fourth-order valence-electron chi connectivity index (χ4n) is 5.32. The summed E-state index contributed by atoms with van der Waals surface area (Å²) in [6.45, 7) is 0.408. The Bertz CT molecular complexity index is 1250. The molecule has 2 heterocycles. The van der Waals surface area contributed by atoms with Gasteiger partial charge in [-0.25, -0.2) is 13.6 Å². The van der Waals surface area contributed by atoms with Crippen molar-refractivity contribution >= 4 is 30.0 Å². The van der Waals surface area contributed by atoms with Crippen LogP contribution >= 0.6 is 12.4 Å². The second-order valence-corrected chi connectivity index (χ2v) is 10.4. The number of piperidine rings is 1. The Morgan fingerprint density at radius 1 is 0.905 bits per heavy atom. The van der Waals surface area contributed by atoms with Gasteiger partial charge in [-0.05, 0) is 49.0 Å². The number of likely N-dealkylation sites (N-methyl/N-ethyl adjacent to an activating group) is 1. The molecular weight excluding hydrogens is 600 g/mol. The van der Waals surface area contributed by atoms with Gasteiger partial charge in [0.25, 0.3) is 5.91 Å². The second-order valence-electron chi connectivity index (χ2n) is 10.4. The molecule has 4 rings (SSSR count). The zero-order valence-electron chi connectivity index (χ0n) is 22.5. The molecule has 0 radical (unpaired) electrons. The Hall–Kier alpha value is -3.13. The van der Waals surface area contributed by atoms with E-state index in [0.717, 1.165) is 11.9 Å². The Labute approximate surface area is 243 Å². The Balaban J connectivity index is 0.00000484. The van der Waals surface area contributed by atoms with Crippen molar-refractivity contribution < 1.29 is 44.7 Å². The summed E-state index contributed by atoms with van der Waals surface area (Å²) >= 11 is 0. The number of amides is 3. The first-order valence-corrected chi connectivity index (χ1v) is 12.8. The number of urea groups is 1. The van der Waals surface area contributed by atoms with Gasteiger partial charge in [0.05, 0.1) is 17.2 Å². The molecule has 232 valence electrons. The topological polar surface area (TPSA) is 55.9 Å². The molecule has 0 aromatic heterocycles. The Morgan fingerprint density at radius 3 is 1.93 bits per heavy atom. The maximum Gasteiger partial charge on any atom is 0.416 e. The average Bonchev–Trinajstić information content (AvgIpc) is 3.36. The molecule has 2 fully saturated rings. The highest BCUT2D eigenvalue weighted by molar-refractivity contribution is 5.92. The molecule has 2 aromatic carbocycles. The van der Waals surface area contributed by atoms with E-state index in [1.807, 2.05) is 0 Å². The van der Waals surface area contributed by atoms with Gasteiger partial charge in [-0.2, -0.15) is 26.3 Å². The normalized spacial score (nSPS) is 20.6. The molecule has 0 aliphatic carbocycles. The van der Waals surface area contributed by atoms with Gasteiger partial charge in [-0.15, -0.1) is 12.4 Å². The van der Waals surface area contributed by atoms with Crippen molar-refractivity contribution in [1.29, 1.82) is 0 Å². The highest BCUT2D eigenvalue weighted by atomic mass is 35.5. The number of carbonyl (C=O) groups is 2. The quantitative estimate of drug-likeness (QED) is 0.432. The van der Waals surface area contributed by atoms with Crippen LogP contribution in [-0.2, 0) is 17.1 Å². The summed E-state index contributed by atoms with van der Waals surface area (Å²) in [6.07, 6.45) is -10.3. The lowest BCUT2D eigenvalue weighted by Crippen LogP contribution is -2.52. The lowest BCUT2D eigenvalue weighted by Gasteiger charge is -2.34. The first-order chi connectivity index (χ1) is 19.0. The molecule has 0 bridgehead atoms. The molecule has 0 saturated carbocycles. The minimum absolute atomic E-state index is 0. The van der Waals surface area contributed by atoms with Crippen molar-refractivity contribution in [2.75, 3.05) is 45.2 Å². The summed E-state index contributed by atoms with van der Waals surface area (Å²) < 4.78 is 110. The number of carbonyl (C=O) groups excluding carboxylic acids is 2. The fourth-order valence-corrected chi connectivity index (χ4v) is 5.32. The van der Waals surface area contributed by atoms with Gasteiger partial charge >= 0.3 is 18.4 Å². The molecule has 0 unspecified atom stereocenters. The van der Waals surface area contributed by atoms with E-state index in [9.17, 15) is 40.3 Å². The van der Waals surface area contributed by atoms with Gasteiger partial charge in [0.1, 0.15) is 5.82 Å². The van der Waals surface area contributed by atoms with E-state index in [1.54, 1.807) is 0 Å². The molecule has 2 aliphatic rings. The third-order valence-electron chi connectivity index (χ3n) is 7.70. The van der Waals surface area contributed by atoms with Crippen LogP contribution in [0.25, 0.3) is 0 Å². The predicted octanol–water partition coefficient (Wildman–Crippen LogP) is 5.86. The Morgan fingerprint density at radius 2 is 1.43 bits per heavy atom. The maximum atomic E-state index is 15.6. The van der Waals surface area contributed by atoms with Crippen molar-refractivity contribution in [2.45, 2.75) is 42.8 Å². The lowest BCUT2D eigenvalue weighted by atomic mass is 9.92. The van der Waals surface area contributed by atoms with E-state index < -0.39 is 64.6 Å². The number of nitrogens with zero attached hydrogens (tertiary/aromatic N) is 3. The standard InChI is InChI=1S/C27H28F8N4O2.ClH/c1-37(20-12-17(26(30,31)32)11-18(13-20)27(33,34)35)24(41)38(2)22-15-39(23(40)25(29)7-9-36-10-8-25)14-21(22)16-3-5-19(28)6-4-16;/h3-6,11-13,21-22,36H,7-10,14-15H2,1-2H3;1H/t21-,22+;/m0./s1. The van der Waals surface area contributed by atoms with Crippen LogP contribution in [0.3, 0.4) is 0 Å². The minimum Gasteiger partial charge on any atom is -0.337 e. The zero-order valence-corrected chi connectivity index (χ0v) is 23.3. The highest BCUT2D eigenvalue weighted by Crippen LogP contribution is 2.39. The highest BCUT2D eigenvalue weighted by Gasteiger charge is 2.48. The van der Waals surface area contributed by atoms with Gasteiger partial charge in [0.2, 0.25) is 0 Å². The molecule has 1 N–H and O–H groups in total. The van der Waals surface area contributed by atoms with E-state index in [-0.39, 0.29) is 44.4 Å². The first-order valence-electron chi connectivity index (χ1n) is 12.8. The smallest absolute Gasteiger partial charge is 0.337 e. The number of hydrogen-bond acceptors (Lipinski definition) is 3. The number of likely N-dealkylation sites (tertiary alicyclic amines) is 1. The van der Waals surface area contributed by atoms with Crippen LogP contribution in [0.5, 0.6) is 0 Å². The number of anilines is 1. The second kappa shape index (κ2) is 12.2. The van der Waals surface area contributed by atoms with Gasteiger partial charge in [0.15, 0.2) is 5.67 Å². The van der Waals surface area contributed by atoms with Crippen molar-refractivity contribution in [3.8, 4) is 0 Å². The summed E-state index contributed by atoms with van der Waals surface area (Å²) in [5.74, 6) is -1.95. The van der Waals surface area contributed by atoms with Crippen LogP contribution in [0.2, 0.25) is 0 Å². The SMILES string of the molecule is CN(C(=O)N(C)[C@@H]1CN(C(=O)C2(F)CCNCC2)C[C@H]1c1ccc(F)cc1)c1cc(C(F)(F)F)cc(C(F)(F)F)c1.Cl. The van der Waals surface area contributed by atoms with Crippen LogP contribution in [0.1, 0.15) is 35.4 Å². The van der Waals surface area contributed by atoms with Crippen LogP contribution in [0.4, 0.5) is 45.6 Å². The molecule has 42 heavy (non-hydrogen) atoms. The van der Waals surface area contributed by atoms with Crippen molar-refractivity contribution in [1.82, 2.24) is 15.1 Å². The van der Waals surface area contributed by atoms with Gasteiger partial charge < -0.3 is 15.1 Å². The predicted molar refractivity (Wildman–Crippen MR) is 141 cm³/mol. The molecule has 2 aromatic rings. The summed E-state index contributed by atoms with van der Waals surface area (Å²) in [4.78, 5) is 29.7. The monoisotopic (exact) mass is 628 g/mol. The van der Waals surface area contributed by atoms with Gasteiger partial charge in [-0.1, -0.05) is 12.1 Å². The van der Waals surface area contributed by atoms with E-state index in [0.29, 0.717) is 35.7 Å². The summed E-state index contributed by atoms with van der Waals surface area (Å²) in [5.41, 5.74) is -5.42. The minimum atomic E-state index is -5.11. The summed E-state index contributed by atoms with van der Waals surface area (Å²) in [5, 5.41) is 2.98. The van der Waals surface area contributed by atoms with E-state index >= 15 is 4.39 Å². The first kappa shape index (κ1) is 33.4. The Kier molecular flexibility index (Phi) is 9.72. The van der Waals surface area contributed by atoms with Gasteiger partial charge in [0, 0.05) is 51.6 Å². The van der Waals surface area contributed by atoms with Gasteiger partial charge in [-0.3, -0.25) is 9.69 Å². The van der Waals surface area contributed by atoms with Crippen molar-refractivity contribution in [2.24, 2.45) is 0 Å². The fraction of sp³-hybridized carbons (Fsp3) is 0.481. The molecule has 2 atom stereocenters. The van der Waals surface area contributed by atoms with E-state index in [2.05, 4.69) is 5.32 Å². The van der Waals surface area contributed by atoms with Crippen LogP contribution in [0, 0.1) is 5.82 Å². The van der Waals surface area contributed by atoms with Crippen molar-refractivity contribution in [3.05, 3.63) is 65.0 Å². The molecule has 0 spiro atoms. The van der Waals surface area contributed by atoms with Crippen LogP contribution in [0.15, 0.2) is 42.5 Å². The van der Waals surface area contributed by atoms with E-state index in [1.165, 1.54) is 36.2 Å². The number of nitrogens with one attached hydrogen (secondary N) is 1. The summed E-state index contributed by atoms with van der Waals surface area (Å²) in [7, 11) is 2.33. The molecule has 6 nitrogen and oxygen atoms in total. The van der Waals surface area contributed by atoms with Crippen molar-refractivity contribution in [3.63, 3.8) is 0 Å². The third-order valence-corrected chi connectivity index (χ3v) is 7.70. The average molecular weight is 629 g/mol. The third kappa shape index (κ3) is 6.91. The number of halogens is 9. The number of alkyl halides is 7. The zero-order chi connectivity index (χ0) is 30.3. The number of benzene rings is 2. The molecule has 3 amide bonds. The van der Waals surface area contributed by atoms with Crippen LogP contribution < -0.4 is 10.2 Å². The molecule has 2 aliphatic heterocycles.